The zero-order valence-corrected chi connectivity index (χ0v) is 19.7. The minimum Gasteiger partial charge on any atom is -0.463 e. The van der Waals surface area contributed by atoms with Crippen LogP contribution in [0.15, 0.2) is 86.6 Å². The van der Waals surface area contributed by atoms with Gasteiger partial charge in [0.15, 0.2) is 0 Å². The number of rotatable bonds is 6. The number of hydrogen-bond acceptors (Lipinski definition) is 7. The van der Waals surface area contributed by atoms with Crippen molar-refractivity contribution in [3.8, 4) is 0 Å². The standard InChI is InChI=1S/C21H14ClN3O5S3/c22-13-5-7-16(24-32(26,27)14-6-8-17-20(10-14)31-12-23-17)18(9-13)25-33(28,29)21-11-30-19-4-2-1-3-15(19)21/h1-12,24-25H. The van der Waals surface area contributed by atoms with Crippen LogP contribution in [0.3, 0.4) is 0 Å². The van der Waals surface area contributed by atoms with Crippen LogP contribution in [0.4, 0.5) is 11.4 Å². The molecule has 5 rings (SSSR count). The van der Waals surface area contributed by atoms with E-state index in [4.69, 9.17) is 16.0 Å². The number of thiazole rings is 1. The van der Waals surface area contributed by atoms with E-state index in [-0.39, 0.29) is 26.2 Å². The second kappa shape index (κ2) is 8.03. The number of nitrogens with one attached hydrogen (secondary N) is 2. The molecule has 2 aromatic heterocycles. The molecule has 0 fully saturated rings. The van der Waals surface area contributed by atoms with Gasteiger partial charge in [-0.05, 0) is 48.5 Å². The second-order valence-electron chi connectivity index (χ2n) is 6.98. The summed E-state index contributed by atoms with van der Waals surface area (Å²) in [4.78, 5) is 4.08. The van der Waals surface area contributed by atoms with E-state index < -0.39 is 20.0 Å². The van der Waals surface area contributed by atoms with Gasteiger partial charge in [0.2, 0.25) is 0 Å². The van der Waals surface area contributed by atoms with Crippen molar-refractivity contribution in [2.45, 2.75) is 9.79 Å². The van der Waals surface area contributed by atoms with Crippen LogP contribution in [-0.4, -0.2) is 21.8 Å². The second-order valence-corrected chi connectivity index (χ2v) is 11.6. The molecular formula is C21H14ClN3O5S3. The van der Waals surface area contributed by atoms with Crippen molar-refractivity contribution in [2.75, 3.05) is 9.44 Å². The van der Waals surface area contributed by atoms with Gasteiger partial charge in [-0.15, -0.1) is 11.3 Å². The Morgan fingerprint density at radius 3 is 2.52 bits per heavy atom. The number of furan rings is 1. The Balaban J connectivity index is 1.51. The molecule has 0 radical (unpaired) electrons. The maximum Gasteiger partial charge on any atom is 0.265 e. The third kappa shape index (κ3) is 4.15. The molecule has 0 unspecified atom stereocenters. The number of benzene rings is 3. The van der Waals surface area contributed by atoms with Crippen molar-refractivity contribution in [3.63, 3.8) is 0 Å². The van der Waals surface area contributed by atoms with E-state index in [1.54, 1.807) is 35.8 Å². The summed E-state index contributed by atoms with van der Waals surface area (Å²) >= 11 is 7.39. The molecule has 0 aliphatic rings. The molecule has 5 aromatic rings. The fraction of sp³-hybridized carbons (Fsp3) is 0. The molecule has 2 N–H and O–H groups in total. The SMILES string of the molecule is O=S(=O)(Nc1ccc(Cl)cc1NS(=O)(=O)c1coc2ccccc12)c1ccc2ncsc2c1. The Bertz CT molecular complexity index is 1730. The molecular weight excluding hydrogens is 506 g/mol. The minimum atomic E-state index is -4.12. The number of sulfonamides is 2. The largest absolute Gasteiger partial charge is 0.463 e. The summed E-state index contributed by atoms with van der Waals surface area (Å²) in [5.74, 6) is 0. The molecule has 0 aliphatic carbocycles. The van der Waals surface area contributed by atoms with Crippen LogP contribution in [0.2, 0.25) is 5.02 Å². The summed E-state index contributed by atoms with van der Waals surface area (Å²) in [5.41, 5.74) is 2.70. The summed E-state index contributed by atoms with van der Waals surface area (Å²) in [5, 5.41) is 0.616. The van der Waals surface area contributed by atoms with Crippen LogP contribution in [0, 0.1) is 0 Å². The number of hydrogen-bond donors (Lipinski definition) is 2. The summed E-state index contributed by atoms with van der Waals surface area (Å²) < 4.78 is 63.1. The van der Waals surface area contributed by atoms with Crippen LogP contribution >= 0.6 is 22.9 Å². The van der Waals surface area contributed by atoms with Crippen molar-refractivity contribution < 1.29 is 21.3 Å². The monoisotopic (exact) mass is 519 g/mol. The first kappa shape index (κ1) is 21.7. The minimum absolute atomic E-state index is 0.0141. The summed E-state index contributed by atoms with van der Waals surface area (Å²) in [7, 11) is -8.15. The van der Waals surface area contributed by atoms with Crippen molar-refractivity contribution in [3.05, 3.63) is 77.5 Å². The van der Waals surface area contributed by atoms with Gasteiger partial charge in [-0.2, -0.15) is 0 Å². The van der Waals surface area contributed by atoms with Crippen LogP contribution in [0.25, 0.3) is 21.2 Å². The van der Waals surface area contributed by atoms with Gasteiger partial charge in [-0.3, -0.25) is 9.44 Å². The van der Waals surface area contributed by atoms with E-state index in [1.165, 1.54) is 41.7 Å². The molecule has 0 aliphatic heterocycles. The lowest BCUT2D eigenvalue weighted by Gasteiger charge is -2.15. The molecule has 12 heteroatoms. The lowest BCUT2D eigenvalue weighted by molar-refractivity contribution is 0.587. The van der Waals surface area contributed by atoms with Gasteiger partial charge in [0.05, 0.1) is 32.0 Å². The predicted octanol–water partition coefficient (Wildman–Crippen LogP) is 5.30. The average molecular weight is 520 g/mol. The zero-order chi connectivity index (χ0) is 23.2. The molecule has 0 saturated heterocycles. The molecule has 168 valence electrons. The lowest BCUT2D eigenvalue weighted by Crippen LogP contribution is -2.17. The molecule has 0 saturated carbocycles. The number of anilines is 2. The Morgan fingerprint density at radius 2 is 1.67 bits per heavy atom. The van der Waals surface area contributed by atoms with Gasteiger partial charge in [0.1, 0.15) is 16.7 Å². The molecule has 0 bridgehead atoms. The quantitative estimate of drug-likeness (QED) is 0.314. The number of halogens is 1. The van der Waals surface area contributed by atoms with E-state index in [0.29, 0.717) is 21.2 Å². The number of para-hydroxylation sites is 1. The third-order valence-electron chi connectivity index (χ3n) is 4.82. The Labute approximate surface area is 197 Å². The number of fused-ring (bicyclic) bond motifs is 2. The Kier molecular flexibility index (Phi) is 5.28. The molecule has 8 nitrogen and oxygen atoms in total. The molecule has 0 atom stereocenters. The van der Waals surface area contributed by atoms with Crippen molar-refractivity contribution in [1.82, 2.24) is 4.98 Å². The zero-order valence-electron chi connectivity index (χ0n) is 16.5. The van der Waals surface area contributed by atoms with Crippen LogP contribution in [0.1, 0.15) is 0 Å². The normalized spacial score (nSPS) is 12.3. The predicted molar refractivity (Wildman–Crippen MR) is 129 cm³/mol. The smallest absolute Gasteiger partial charge is 0.265 e. The maximum atomic E-state index is 13.1. The molecule has 0 amide bonds. The van der Waals surface area contributed by atoms with Crippen molar-refractivity contribution >= 4 is 75.5 Å². The van der Waals surface area contributed by atoms with Gasteiger partial charge in [0.25, 0.3) is 20.0 Å². The van der Waals surface area contributed by atoms with E-state index in [1.807, 2.05) is 0 Å². The summed E-state index contributed by atoms with van der Waals surface area (Å²) in [6, 6.07) is 15.4. The Morgan fingerprint density at radius 1 is 0.879 bits per heavy atom. The van der Waals surface area contributed by atoms with E-state index in [0.717, 1.165) is 6.26 Å². The highest BCUT2D eigenvalue weighted by Gasteiger charge is 2.23. The third-order valence-corrected chi connectivity index (χ3v) is 8.59. The molecule has 33 heavy (non-hydrogen) atoms. The fourth-order valence-electron chi connectivity index (χ4n) is 3.26. The topological polar surface area (TPSA) is 118 Å². The van der Waals surface area contributed by atoms with Crippen LogP contribution in [0.5, 0.6) is 0 Å². The van der Waals surface area contributed by atoms with Gasteiger partial charge >= 0.3 is 0 Å². The van der Waals surface area contributed by atoms with Crippen molar-refractivity contribution in [2.24, 2.45) is 0 Å². The summed E-state index contributed by atoms with van der Waals surface area (Å²) in [6.07, 6.45) is 1.13. The summed E-state index contributed by atoms with van der Waals surface area (Å²) in [6.45, 7) is 0. The van der Waals surface area contributed by atoms with E-state index in [2.05, 4.69) is 14.4 Å². The van der Waals surface area contributed by atoms with Gasteiger partial charge in [-0.25, -0.2) is 21.8 Å². The van der Waals surface area contributed by atoms with E-state index in [9.17, 15) is 16.8 Å². The number of aromatic nitrogens is 1. The van der Waals surface area contributed by atoms with Gasteiger partial charge in [-0.1, -0.05) is 23.7 Å². The van der Waals surface area contributed by atoms with Crippen LogP contribution < -0.4 is 9.44 Å². The highest BCUT2D eigenvalue weighted by Crippen LogP contribution is 2.33. The number of nitrogens with zero attached hydrogens (tertiary/aromatic N) is 1. The average Bonchev–Trinajstić information content (AvgIpc) is 3.42. The molecule has 2 heterocycles. The molecule has 0 spiro atoms. The van der Waals surface area contributed by atoms with Gasteiger partial charge < -0.3 is 4.42 Å². The van der Waals surface area contributed by atoms with Crippen molar-refractivity contribution in [1.29, 1.82) is 0 Å². The van der Waals surface area contributed by atoms with Crippen LogP contribution in [-0.2, 0) is 20.0 Å². The first-order valence-electron chi connectivity index (χ1n) is 9.38. The highest BCUT2D eigenvalue weighted by molar-refractivity contribution is 7.93. The first-order valence-corrected chi connectivity index (χ1v) is 13.6. The molecule has 3 aromatic carbocycles. The maximum absolute atomic E-state index is 13.1. The highest BCUT2D eigenvalue weighted by atomic mass is 35.5. The van der Waals surface area contributed by atoms with Gasteiger partial charge in [0, 0.05) is 10.4 Å². The van der Waals surface area contributed by atoms with E-state index >= 15 is 0 Å². The Hall–Kier alpha value is -3.12. The lowest BCUT2D eigenvalue weighted by atomic mass is 10.3. The first-order chi connectivity index (χ1) is 15.7. The fourth-order valence-corrected chi connectivity index (χ4v) is 6.53.